The SMILES string of the molecule is CCN1CCC(CNCCS(=O)(=O)C(C)(C)C)CC1. The molecule has 0 saturated carbocycles. The Bertz CT molecular complexity index is 352. The average molecular weight is 290 g/mol. The van der Waals surface area contributed by atoms with Crippen molar-refractivity contribution < 1.29 is 8.42 Å². The summed E-state index contributed by atoms with van der Waals surface area (Å²) in [6.07, 6.45) is 2.46. The molecule has 0 radical (unpaired) electrons. The molecule has 0 bridgehead atoms. The fourth-order valence-corrected chi connectivity index (χ4v) is 3.35. The number of sulfone groups is 1. The second-order valence-electron chi connectivity index (χ2n) is 6.51. The molecule has 0 aliphatic carbocycles. The summed E-state index contributed by atoms with van der Waals surface area (Å²) in [7, 11) is -2.98. The zero-order chi connectivity index (χ0) is 14.5. The van der Waals surface area contributed by atoms with Crippen LogP contribution in [0, 0.1) is 5.92 Å². The van der Waals surface area contributed by atoms with Gasteiger partial charge in [0.1, 0.15) is 0 Å². The van der Waals surface area contributed by atoms with Gasteiger partial charge in [-0.05, 0) is 65.7 Å². The van der Waals surface area contributed by atoms with Crippen molar-refractivity contribution >= 4 is 9.84 Å². The van der Waals surface area contributed by atoms with Gasteiger partial charge in [-0.3, -0.25) is 0 Å². The van der Waals surface area contributed by atoms with Crippen molar-refractivity contribution in [1.29, 1.82) is 0 Å². The third kappa shape index (κ3) is 5.40. The predicted molar refractivity (Wildman–Crippen MR) is 81.2 cm³/mol. The van der Waals surface area contributed by atoms with E-state index in [0.29, 0.717) is 12.5 Å². The zero-order valence-electron chi connectivity index (χ0n) is 12.9. The number of nitrogens with zero attached hydrogens (tertiary/aromatic N) is 1. The minimum atomic E-state index is -2.98. The van der Waals surface area contributed by atoms with Gasteiger partial charge in [-0.2, -0.15) is 0 Å². The molecular formula is C14H30N2O2S. The average Bonchev–Trinajstić information content (AvgIpc) is 2.34. The van der Waals surface area contributed by atoms with E-state index >= 15 is 0 Å². The number of piperidine rings is 1. The molecule has 0 unspecified atom stereocenters. The molecule has 0 aromatic rings. The van der Waals surface area contributed by atoms with Crippen LogP contribution in [0.15, 0.2) is 0 Å². The molecule has 1 fully saturated rings. The van der Waals surface area contributed by atoms with E-state index in [2.05, 4.69) is 17.1 Å². The number of nitrogens with one attached hydrogen (secondary N) is 1. The lowest BCUT2D eigenvalue weighted by molar-refractivity contribution is 0.190. The fourth-order valence-electron chi connectivity index (χ4n) is 2.33. The zero-order valence-corrected chi connectivity index (χ0v) is 13.7. The Morgan fingerprint density at radius 3 is 2.26 bits per heavy atom. The summed E-state index contributed by atoms with van der Waals surface area (Å²) in [6.45, 7) is 12.5. The van der Waals surface area contributed by atoms with Gasteiger partial charge >= 0.3 is 0 Å². The van der Waals surface area contributed by atoms with Gasteiger partial charge in [-0.1, -0.05) is 6.92 Å². The van der Waals surface area contributed by atoms with Gasteiger partial charge in [0, 0.05) is 6.54 Å². The van der Waals surface area contributed by atoms with Crippen LogP contribution in [0.1, 0.15) is 40.5 Å². The summed E-state index contributed by atoms with van der Waals surface area (Å²) in [5.41, 5.74) is 0. The highest BCUT2D eigenvalue weighted by molar-refractivity contribution is 7.92. The Morgan fingerprint density at radius 1 is 1.21 bits per heavy atom. The van der Waals surface area contributed by atoms with E-state index in [9.17, 15) is 8.42 Å². The topological polar surface area (TPSA) is 49.4 Å². The molecule has 1 saturated heterocycles. The lowest BCUT2D eigenvalue weighted by Gasteiger charge is -2.31. The van der Waals surface area contributed by atoms with E-state index in [1.165, 1.54) is 25.9 Å². The van der Waals surface area contributed by atoms with E-state index in [1.54, 1.807) is 20.8 Å². The second kappa shape index (κ2) is 7.04. The van der Waals surface area contributed by atoms with Gasteiger partial charge in [0.2, 0.25) is 0 Å². The Balaban J connectivity index is 2.19. The molecule has 19 heavy (non-hydrogen) atoms. The monoisotopic (exact) mass is 290 g/mol. The van der Waals surface area contributed by atoms with E-state index in [1.807, 2.05) is 0 Å². The van der Waals surface area contributed by atoms with Gasteiger partial charge in [-0.25, -0.2) is 8.42 Å². The first kappa shape index (κ1) is 16.9. The Kier molecular flexibility index (Phi) is 6.27. The minimum Gasteiger partial charge on any atom is -0.315 e. The molecule has 0 aromatic heterocycles. The number of hydrogen-bond acceptors (Lipinski definition) is 4. The van der Waals surface area contributed by atoms with Gasteiger partial charge in [0.05, 0.1) is 10.5 Å². The molecule has 1 aliphatic heterocycles. The van der Waals surface area contributed by atoms with Gasteiger partial charge in [0.15, 0.2) is 9.84 Å². The molecule has 0 spiro atoms. The molecular weight excluding hydrogens is 260 g/mol. The van der Waals surface area contributed by atoms with Crippen LogP contribution in [0.3, 0.4) is 0 Å². The van der Waals surface area contributed by atoms with Crippen molar-refractivity contribution in [3.8, 4) is 0 Å². The lowest BCUT2D eigenvalue weighted by Crippen LogP contribution is -2.39. The first-order valence-electron chi connectivity index (χ1n) is 7.41. The summed E-state index contributed by atoms with van der Waals surface area (Å²) in [5.74, 6) is 0.949. The maximum absolute atomic E-state index is 11.9. The van der Waals surface area contributed by atoms with Crippen molar-refractivity contribution in [2.24, 2.45) is 5.92 Å². The number of hydrogen-bond donors (Lipinski definition) is 1. The van der Waals surface area contributed by atoms with Crippen LogP contribution in [-0.4, -0.2) is 56.5 Å². The molecule has 0 atom stereocenters. The standard InChI is InChI=1S/C14H30N2O2S/c1-5-16-9-6-13(7-10-16)12-15-8-11-19(17,18)14(2,3)4/h13,15H,5-12H2,1-4H3. The second-order valence-corrected chi connectivity index (χ2v) is 9.38. The smallest absolute Gasteiger partial charge is 0.156 e. The van der Waals surface area contributed by atoms with Crippen LogP contribution in [0.25, 0.3) is 0 Å². The number of likely N-dealkylation sites (tertiary alicyclic amines) is 1. The van der Waals surface area contributed by atoms with E-state index in [4.69, 9.17) is 0 Å². The number of rotatable bonds is 6. The Hall–Kier alpha value is -0.130. The van der Waals surface area contributed by atoms with Crippen molar-refractivity contribution in [3.05, 3.63) is 0 Å². The maximum atomic E-state index is 11.9. The van der Waals surface area contributed by atoms with E-state index in [0.717, 1.165) is 13.1 Å². The highest BCUT2D eigenvalue weighted by Gasteiger charge is 2.28. The largest absolute Gasteiger partial charge is 0.315 e. The van der Waals surface area contributed by atoms with Gasteiger partial charge in [-0.15, -0.1) is 0 Å². The normalized spacial score (nSPS) is 19.8. The van der Waals surface area contributed by atoms with Gasteiger partial charge in [0.25, 0.3) is 0 Å². The van der Waals surface area contributed by atoms with Crippen LogP contribution in [-0.2, 0) is 9.84 Å². The summed E-state index contributed by atoms with van der Waals surface area (Å²) in [4.78, 5) is 2.47. The first-order valence-corrected chi connectivity index (χ1v) is 9.07. The Morgan fingerprint density at radius 2 is 1.79 bits per heavy atom. The molecule has 5 heteroatoms. The maximum Gasteiger partial charge on any atom is 0.156 e. The summed E-state index contributed by atoms with van der Waals surface area (Å²) in [6, 6.07) is 0. The molecule has 0 amide bonds. The first-order chi connectivity index (χ1) is 8.76. The molecule has 0 aromatic carbocycles. The Labute approximate surface area is 118 Å². The van der Waals surface area contributed by atoms with Crippen LogP contribution < -0.4 is 5.32 Å². The molecule has 1 aliphatic rings. The quantitative estimate of drug-likeness (QED) is 0.754. The summed E-state index contributed by atoms with van der Waals surface area (Å²) in [5, 5.41) is 3.32. The fraction of sp³-hybridized carbons (Fsp3) is 1.00. The molecule has 4 nitrogen and oxygen atoms in total. The predicted octanol–water partition coefficient (Wildman–Crippen LogP) is 1.52. The van der Waals surface area contributed by atoms with Crippen molar-refractivity contribution in [2.45, 2.75) is 45.3 Å². The van der Waals surface area contributed by atoms with Crippen molar-refractivity contribution in [2.75, 3.05) is 38.5 Å². The van der Waals surface area contributed by atoms with Crippen molar-refractivity contribution in [1.82, 2.24) is 10.2 Å². The van der Waals surface area contributed by atoms with Crippen LogP contribution in [0.2, 0.25) is 0 Å². The van der Waals surface area contributed by atoms with Crippen LogP contribution in [0.5, 0.6) is 0 Å². The van der Waals surface area contributed by atoms with Crippen molar-refractivity contribution in [3.63, 3.8) is 0 Å². The third-order valence-corrected chi connectivity index (χ3v) is 6.68. The third-order valence-electron chi connectivity index (χ3n) is 4.07. The molecule has 1 N–H and O–H groups in total. The molecule has 114 valence electrons. The molecule has 1 heterocycles. The molecule has 1 rings (SSSR count). The lowest BCUT2D eigenvalue weighted by atomic mass is 9.97. The van der Waals surface area contributed by atoms with E-state index < -0.39 is 14.6 Å². The van der Waals surface area contributed by atoms with E-state index in [-0.39, 0.29) is 5.75 Å². The van der Waals surface area contributed by atoms with Crippen LogP contribution >= 0.6 is 0 Å². The summed E-state index contributed by atoms with van der Waals surface area (Å²) >= 11 is 0. The van der Waals surface area contributed by atoms with Crippen LogP contribution in [0.4, 0.5) is 0 Å². The highest BCUT2D eigenvalue weighted by atomic mass is 32.2. The summed E-state index contributed by atoms with van der Waals surface area (Å²) < 4.78 is 23.2. The minimum absolute atomic E-state index is 0.240. The van der Waals surface area contributed by atoms with Gasteiger partial charge < -0.3 is 10.2 Å². The highest BCUT2D eigenvalue weighted by Crippen LogP contribution is 2.17.